The lowest BCUT2D eigenvalue weighted by molar-refractivity contribution is -0.139. The molecular formula is C26H28N2O6. The van der Waals surface area contributed by atoms with Crippen LogP contribution >= 0.6 is 0 Å². The molecule has 2 unspecified atom stereocenters. The fourth-order valence-corrected chi connectivity index (χ4v) is 5.03. The zero-order valence-corrected chi connectivity index (χ0v) is 18.7. The molecule has 0 bridgehead atoms. The number of rotatable bonds is 8. The van der Waals surface area contributed by atoms with E-state index in [4.69, 9.17) is 14.6 Å². The summed E-state index contributed by atoms with van der Waals surface area (Å²) in [4.78, 5) is 35.6. The predicted molar refractivity (Wildman–Crippen MR) is 123 cm³/mol. The van der Waals surface area contributed by atoms with E-state index < -0.39 is 12.1 Å². The molecule has 1 heterocycles. The van der Waals surface area contributed by atoms with Crippen LogP contribution in [0.3, 0.4) is 0 Å². The highest BCUT2D eigenvalue weighted by Crippen LogP contribution is 2.44. The lowest BCUT2D eigenvalue weighted by Crippen LogP contribution is -2.34. The summed E-state index contributed by atoms with van der Waals surface area (Å²) < 4.78 is 11.2. The average molecular weight is 465 g/mol. The van der Waals surface area contributed by atoms with Crippen molar-refractivity contribution in [3.05, 3.63) is 59.7 Å². The molecule has 0 spiro atoms. The quantitative estimate of drug-likeness (QED) is 0.554. The van der Waals surface area contributed by atoms with Crippen LogP contribution in [-0.2, 0) is 19.1 Å². The number of hydrogen-bond donors (Lipinski definition) is 3. The highest BCUT2D eigenvalue weighted by Gasteiger charge is 2.43. The number of nitrogens with one attached hydrogen (secondary N) is 2. The molecule has 178 valence electrons. The number of aliphatic carboxylic acids is 1. The van der Waals surface area contributed by atoms with Crippen LogP contribution in [-0.4, -0.2) is 55.5 Å². The summed E-state index contributed by atoms with van der Waals surface area (Å²) in [5.74, 6) is -1.54. The molecule has 2 fully saturated rings. The molecule has 2 aromatic carbocycles. The van der Waals surface area contributed by atoms with E-state index in [0.29, 0.717) is 19.4 Å². The molecule has 0 radical (unpaired) electrons. The minimum atomic E-state index is -0.803. The van der Waals surface area contributed by atoms with E-state index in [9.17, 15) is 14.4 Å². The van der Waals surface area contributed by atoms with Crippen LogP contribution in [0.5, 0.6) is 0 Å². The number of carbonyl (C=O) groups excluding carboxylic acids is 2. The van der Waals surface area contributed by atoms with E-state index >= 15 is 0 Å². The van der Waals surface area contributed by atoms with E-state index in [1.165, 1.54) is 11.1 Å². The number of carbonyl (C=O) groups is 3. The van der Waals surface area contributed by atoms with Gasteiger partial charge in [0.15, 0.2) is 0 Å². The van der Waals surface area contributed by atoms with E-state index in [1.807, 2.05) is 24.3 Å². The zero-order chi connectivity index (χ0) is 23.7. The number of hydrogen-bond acceptors (Lipinski definition) is 5. The molecule has 2 aromatic rings. The van der Waals surface area contributed by atoms with Crippen LogP contribution in [0.25, 0.3) is 11.1 Å². The second-order valence-electron chi connectivity index (χ2n) is 9.28. The number of fused-ring (bicyclic) bond motifs is 3. The first kappa shape index (κ1) is 22.4. The molecule has 4 atom stereocenters. The Morgan fingerprint density at radius 2 is 1.62 bits per heavy atom. The predicted octanol–water partition coefficient (Wildman–Crippen LogP) is 2.77. The number of carboxylic acid groups (broad SMARTS) is 1. The van der Waals surface area contributed by atoms with Crippen LogP contribution in [0.1, 0.15) is 29.9 Å². The smallest absolute Gasteiger partial charge is 0.407 e. The first-order chi connectivity index (χ1) is 16.5. The molecule has 2 aliphatic carbocycles. The van der Waals surface area contributed by atoms with E-state index in [1.54, 1.807) is 0 Å². The Morgan fingerprint density at radius 1 is 0.941 bits per heavy atom. The van der Waals surface area contributed by atoms with Crippen molar-refractivity contribution in [1.82, 2.24) is 10.6 Å². The van der Waals surface area contributed by atoms with Crippen molar-refractivity contribution in [2.75, 3.05) is 26.3 Å². The van der Waals surface area contributed by atoms with Crippen LogP contribution in [0.2, 0.25) is 0 Å². The van der Waals surface area contributed by atoms with Crippen LogP contribution in [0.15, 0.2) is 48.5 Å². The second kappa shape index (κ2) is 9.46. The van der Waals surface area contributed by atoms with Crippen LogP contribution in [0.4, 0.5) is 4.79 Å². The number of benzene rings is 2. The number of ether oxygens (including phenoxy) is 2. The summed E-state index contributed by atoms with van der Waals surface area (Å²) in [5, 5.41) is 14.5. The number of amides is 2. The molecule has 8 heteroatoms. The maximum atomic E-state index is 12.3. The van der Waals surface area contributed by atoms with Crippen molar-refractivity contribution in [2.45, 2.75) is 24.9 Å². The summed E-state index contributed by atoms with van der Waals surface area (Å²) in [6.07, 6.45) is 0.349. The van der Waals surface area contributed by atoms with Gasteiger partial charge in [0.1, 0.15) is 6.61 Å². The first-order valence-corrected chi connectivity index (χ1v) is 11.7. The van der Waals surface area contributed by atoms with Gasteiger partial charge in [-0.2, -0.15) is 0 Å². The average Bonchev–Trinajstić information content (AvgIpc) is 3.36. The Morgan fingerprint density at radius 3 is 2.26 bits per heavy atom. The summed E-state index contributed by atoms with van der Waals surface area (Å²) in [5.41, 5.74) is 4.67. The van der Waals surface area contributed by atoms with Crippen molar-refractivity contribution in [3.63, 3.8) is 0 Å². The summed E-state index contributed by atoms with van der Waals surface area (Å²) >= 11 is 0. The Bertz CT molecular complexity index is 1060. The molecule has 1 saturated heterocycles. The van der Waals surface area contributed by atoms with Gasteiger partial charge in [0.05, 0.1) is 24.5 Å². The van der Waals surface area contributed by atoms with Crippen molar-refractivity contribution in [1.29, 1.82) is 0 Å². The van der Waals surface area contributed by atoms with Gasteiger partial charge >= 0.3 is 12.1 Å². The van der Waals surface area contributed by atoms with E-state index in [2.05, 4.69) is 34.9 Å². The van der Waals surface area contributed by atoms with Crippen molar-refractivity contribution in [3.8, 4) is 11.1 Å². The highest BCUT2D eigenvalue weighted by molar-refractivity contribution is 5.80. The van der Waals surface area contributed by atoms with Gasteiger partial charge in [0, 0.05) is 19.0 Å². The number of carboxylic acids is 1. The first-order valence-electron chi connectivity index (χ1n) is 11.7. The van der Waals surface area contributed by atoms with Gasteiger partial charge in [-0.05, 0) is 41.0 Å². The van der Waals surface area contributed by atoms with Gasteiger partial charge in [0.2, 0.25) is 5.91 Å². The molecule has 8 nitrogen and oxygen atoms in total. The molecule has 5 rings (SSSR count). The minimum absolute atomic E-state index is 0.00106. The minimum Gasteiger partial charge on any atom is -0.481 e. The normalized spacial score (nSPS) is 24.7. The van der Waals surface area contributed by atoms with Crippen molar-refractivity contribution >= 4 is 18.0 Å². The fourth-order valence-electron chi connectivity index (χ4n) is 5.03. The van der Waals surface area contributed by atoms with Gasteiger partial charge in [-0.25, -0.2) is 4.79 Å². The van der Waals surface area contributed by atoms with Crippen LogP contribution < -0.4 is 10.6 Å². The fraction of sp³-hybridized carbons (Fsp3) is 0.423. The third-order valence-electron chi connectivity index (χ3n) is 7.05. The maximum Gasteiger partial charge on any atom is 0.407 e. The Balaban J connectivity index is 1.05. The monoisotopic (exact) mass is 464 g/mol. The molecule has 1 saturated carbocycles. The molecular weight excluding hydrogens is 436 g/mol. The molecule has 34 heavy (non-hydrogen) atoms. The lowest BCUT2D eigenvalue weighted by atomic mass is 9.98. The summed E-state index contributed by atoms with van der Waals surface area (Å²) in [7, 11) is 0. The van der Waals surface area contributed by atoms with Gasteiger partial charge in [-0.3, -0.25) is 9.59 Å². The van der Waals surface area contributed by atoms with Crippen molar-refractivity contribution in [2.24, 2.45) is 17.8 Å². The van der Waals surface area contributed by atoms with Crippen LogP contribution in [0, 0.1) is 17.8 Å². The Hall–Kier alpha value is -3.39. The Kier molecular flexibility index (Phi) is 6.24. The number of alkyl carbamates (subject to hydrolysis) is 1. The third kappa shape index (κ3) is 4.63. The third-order valence-corrected chi connectivity index (χ3v) is 7.05. The lowest BCUT2D eigenvalue weighted by Gasteiger charge is -2.15. The molecule has 0 aromatic heterocycles. The molecule has 3 N–H and O–H groups in total. The summed E-state index contributed by atoms with van der Waals surface area (Å²) in [6, 6.07) is 16.3. The standard InChI is InChI=1S/C26H28N2O6/c29-24(27-11-15-10-22(15)25(30)31)16-9-17(33-13-16)12-28-26(32)34-14-23-20-7-3-1-5-18(20)19-6-2-4-8-21(19)23/h1-8,15-17,22-23H,9-14H2,(H,27,29)(H,28,32)(H,30,31)/t15-,16?,17?,22-/m1/s1. The van der Waals surface area contributed by atoms with Gasteiger partial charge in [0.25, 0.3) is 0 Å². The van der Waals surface area contributed by atoms with Gasteiger partial charge < -0.3 is 25.2 Å². The SMILES string of the molecule is O=C(NCC1CC(C(=O)NC[C@H]2C[C@H]2C(=O)O)CO1)OCC1c2ccccc2-c2ccccc21. The molecule has 2 amide bonds. The molecule has 1 aliphatic heterocycles. The maximum absolute atomic E-state index is 12.3. The van der Waals surface area contributed by atoms with E-state index in [0.717, 1.165) is 11.1 Å². The van der Waals surface area contributed by atoms with Crippen molar-refractivity contribution < 1.29 is 29.0 Å². The van der Waals surface area contributed by atoms with E-state index in [-0.39, 0.29) is 55.4 Å². The van der Waals surface area contributed by atoms with Gasteiger partial charge in [-0.1, -0.05) is 48.5 Å². The zero-order valence-electron chi connectivity index (χ0n) is 18.7. The Labute approximate surface area is 197 Å². The largest absolute Gasteiger partial charge is 0.481 e. The second-order valence-corrected chi connectivity index (χ2v) is 9.28. The summed E-state index contributed by atoms with van der Waals surface area (Å²) in [6.45, 7) is 1.18. The van der Waals surface area contributed by atoms with Gasteiger partial charge in [-0.15, -0.1) is 0 Å². The molecule has 3 aliphatic rings. The highest BCUT2D eigenvalue weighted by atomic mass is 16.5. The topological polar surface area (TPSA) is 114 Å².